The number of thiol groups is 1. The summed E-state index contributed by atoms with van der Waals surface area (Å²) in [6.45, 7) is 1.24. The molecule has 6 N–H and O–H groups in total. The normalized spacial score (nSPS) is 15.5. The highest BCUT2D eigenvalue weighted by molar-refractivity contribution is 7.80. The van der Waals surface area contributed by atoms with E-state index >= 15 is 0 Å². The maximum absolute atomic E-state index is 12.2. The number of amides is 2. The number of aliphatic hydroxyl groups is 1. The van der Waals surface area contributed by atoms with Crippen molar-refractivity contribution in [1.82, 2.24) is 10.6 Å². The quantitative estimate of drug-likeness (QED) is 0.306. The van der Waals surface area contributed by atoms with Gasteiger partial charge in [0.15, 0.2) is 6.04 Å². The molecular weight excluding hydrogens is 346 g/mol. The second-order valence-corrected chi connectivity index (χ2v) is 5.97. The van der Waals surface area contributed by atoms with Gasteiger partial charge < -0.3 is 26.6 Å². The molecule has 25 heavy (non-hydrogen) atoms. The number of aliphatic hydroxyl groups excluding tert-OH is 1. The van der Waals surface area contributed by atoms with Crippen molar-refractivity contribution >= 4 is 30.4 Å². The van der Waals surface area contributed by atoms with E-state index in [4.69, 9.17) is 10.8 Å². The fourth-order valence-corrected chi connectivity index (χ4v) is 2.33. The highest BCUT2D eigenvalue weighted by Gasteiger charge is 2.29. The number of benzene rings is 1. The molecule has 1 aromatic rings. The predicted molar refractivity (Wildman–Crippen MR) is 95.2 cm³/mol. The third-order valence-electron chi connectivity index (χ3n) is 3.50. The summed E-state index contributed by atoms with van der Waals surface area (Å²) >= 11 is 4.00. The van der Waals surface area contributed by atoms with Crippen LogP contribution in [-0.2, 0) is 20.8 Å². The molecule has 2 amide bonds. The number of nitrogens with two attached hydrogens (primary N) is 1. The number of rotatable bonds is 9. The molecule has 0 spiro atoms. The summed E-state index contributed by atoms with van der Waals surface area (Å²) in [5.74, 6) is -2.75. The number of carbonyl (C=O) groups excluding carboxylic acids is 2. The summed E-state index contributed by atoms with van der Waals surface area (Å²) in [5.41, 5.74) is 6.72. The zero-order chi connectivity index (χ0) is 19.0. The fraction of sp³-hybridized carbons (Fsp3) is 0.438. The van der Waals surface area contributed by atoms with Crippen LogP contribution < -0.4 is 16.4 Å². The van der Waals surface area contributed by atoms with Gasteiger partial charge in [-0.2, -0.15) is 12.6 Å². The summed E-state index contributed by atoms with van der Waals surface area (Å²) in [7, 11) is 0. The van der Waals surface area contributed by atoms with E-state index in [2.05, 4.69) is 23.3 Å². The predicted octanol–water partition coefficient (Wildman–Crippen LogP) is -1.08. The van der Waals surface area contributed by atoms with Crippen LogP contribution in [-0.4, -0.2) is 58.0 Å². The van der Waals surface area contributed by atoms with Gasteiger partial charge in [-0.15, -0.1) is 0 Å². The summed E-state index contributed by atoms with van der Waals surface area (Å²) in [4.78, 5) is 35.3. The third-order valence-corrected chi connectivity index (χ3v) is 3.86. The first-order valence-electron chi connectivity index (χ1n) is 7.68. The Balaban J connectivity index is 2.65. The molecule has 138 valence electrons. The Labute approximate surface area is 151 Å². The number of carbonyl (C=O) groups is 3. The molecular formula is C16H23N3O5S. The van der Waals surface area contributed by atoms with Crippen molar-refractivity contribution in [1.29, 1.82) is 0 Å². The smallest absolute Gasteiger partial charge is 0.328 e. The van der Waals surface area contributed by atoms with Crippen molar-refractivity contribution in [3.63, 3.8) is 0 Å². The largest absolute Gasteiger partial charge is 0.480 e. The number of nitrogens with one attached hydrogen (secondary N) is 2. The minimum atomic E-state index is -1.48. The van der Waals surface area contributed by atoms with E-state index in [1.807, 2.05) is 30.3 Å². The van der Waals surface area contributed by atoms with Crippen molar-refractivity contribution in [3.8, 4) is 0 Å². The van der Waals surface area contributed by atoms with Crippen LogP contribution in [0.1, 0.15) is 12.5 Å². The lowest BCUT2D eigenvalue weighted by atomic mass is 10.1. The van der Waals surface area contributed by atoms with E-state index in [1.165, 1.54) is 6.92 Å². The monoisotopic (exact) mass is 369 g/mol. The number of carboxylic acids is 1. The molecule has 0 unspecified atom stereocenters. The number of hydrogen-bond donors (Lipinski definition) is 6. The standard InChI is InChI=1S/C16H23N3O5S/c1-9(20)13(16(23)24)19-15(22)12(8-25)18-14(21)11(17)7-10-5-3-2-4-6-10/h2-6,9,11-13,20,25H,7-8,17H2,1H3,(H,18,21)(H,19,22)(H,23,24)/t9-,11+,12+,13+/m1/s1. The molecule has 1 rings (SSSR count). The second kappa shape index (κ2) is 10.0. The van der Waals surface area contributed by atoms with Crippen LogP contribution >= 0.6 is 12.6 Å². The first-order chi connectivity index (χ1) is 11.8. The van der Waals surface area contributed by atoms with Gasteiger partial charge in [-0.25, -0.2) is 4.79 Å². The lowest BCUT2D eigenvalue weighted by Gasteiger charge is -2.22. The van der Waals surface area contributed by atoms with Gasteiger partial charge >= 0.3 is 5.97 Å². The number of hydrogen-bond acceptors (Lipinski definition) is 6. The fourth-order valence-electron chi connectivity index (χ4n) is 2.08. The lowest BCUT2D eigenvalue weighted by molar-refractivity contribution is -0.145. The molecule has 0 aliphatic rings. The second-order valence-electron chi connectivity index (χ2n) is 5.61. The van der Waals surface area contributed by atoms with E-state index in [1.54, 1.807) is 0 Å². The van der Waals surface area contributed by atoms with Crippen LogP contribution in [0, 0.1) is 0 Å². The summed E-state index contributed by atoms with van der Waals surface area (Å²) < 4.78 is 0. The Hall–Kier alpha value is -2.10. The Bertz CT molecular complexity index is 597. The molecule has 8 nitrogen and oxygen atoms in total. The molecule has 0 bridgehead atoms. The van der Waals surface area contributed by atoms with Gasteiger partial charge in [0.05, 0.1) is 12.1 Å². The number of aliphatic carboxylic acids is 1. The van der Waals surface area contributed by atoms with Crippen LogP contribution in [0.3, 0.4) is 0 Å². The topological polar surface area (TPSA) is 142 Å². The molecule has 0 aliphatic heterocycles. The van der Waals surface area contributed by atoms with Crippen LogP contribution in [0.5, 0.6) is 0 Å². The van der Waals surface area contributed by atoms with Crippen LogP contribution in [0.4, 0.5) is 0 Å². The van der Waals surface area contributed by atoms with Gasteiger partial charge in [0, 0.05) is 5.75 Å². The van der Waals surface area contributed by atoms with E-state index in [-0.39, 0.29) is 5.75 Å². The summed E-state index contributed by atoms with van der Waals surface area (Å²) in [6, 6.07) is 5.73. The van der Waals surface area contributed by atoms with Crippen LogP contribution in [0.15, 0.2) is 30.3 Å². The molecule has 0 aromatic heterocycles. The molecule has 0 fully saturated rings. The molecule has 1 aromatic carbocycles. The highest BCUT2D eigenvalue weighted by atomic mass is 32.1. The Morgan fingerprint density at radius 3 is 2.24 bits per heavy atom. The van der Waals surface area contributed by atoms with Gasteiger partial charge in [-0.1, -0.05) is 30.3 Å². The van der Waals surface area contributed by atoms with Crippen molar-refractivity contribution < 1.29 is 24.6 Å². The SMILES string of the molecule is C[C@@H](O)[C@H](NC(=O)[C@H](CS)NC(=O)[C@@H](N)Cc1ccccc1)C(=O)O. The first-order valence-corrected chi connectivity index (χ1v) is 8.31. The first kappa shape index (κ1) is 20.9. The Kier molecular flexibility index (Phi) is 8.39. The average Bonchev–Trinajstić information content (AvgIpc) is 2.57. The maximum atomic E-state index is 12.2. The minimum absolute atomic E-state index is 0.0538. The van der Waals surface area contributed by atoms with Crippen LogP contribution in [0.25, 0.3) is 0 Å². The maximum Gasteiger partial charge on any atom is 0.328 e. The van der Waals surface area contributed by atoms with Gasteiger partial charge in [-0.3, -0.25) is 9.59 Å². The molecule has 0 aliphatic carbocycles. The van der Waals surface area contributed by atoms with Crippen molar-refractivity contribution in [3.05, 3.63) is 35.9 Å². The molecule has 4 atom stereocenters. The summed E-state index contributed by atoms with van der Waals surface area (Å²) in [6.07, 6.45) is -1.00. The zero-order valence-electron chi connectivity index (χ0n) is 13.8. The molecule has 0 heterocycles. The third kappa shape index (κ3) is 6.73. The molecule has 0 saturated heterocycles. The Morgan fingerprint density at radius 1 is 1.16 bits per heavy atom. The van der Waals surface area contributed by atoms with Gasteiger partial charge in [0.2, 0.25) is 11.8 Å². The van der Waals surface area contributed by atoms with Gasteiger partial charge in [-0.05, 0) is 18.9 Å². The lowest BCUT2D eigenvalue weighted by Crippen LogP contribution is -2.57. The molecule has 0 radical (unpaired) electrons. The van der Waals surface area contributed by atoms with Gasteiger partial charge in [0.1, 0.15) is 6.04 Å². The van der Waals surface area contributed by atoms with E-state index in [9.17, 15) is 19.5 Å². The average molecular weight is 369 g/mol. The minimum Gasteiger partial charge on any atom is -0.480 e. The van der Waals surface area contributed by atoms with Crippen molar-refractivity contribution in [2.75, 3.05) is 5.75 Å². The van der Waals surface area contributed by atoms with E-state index in [0.717, 1.165) is 5.56 Å². The van der Waals surface area contributed by atoms with Crippen molar-refractivity contribution in [2.24, 2.45) is 5.73 Å². The van der Waals surface area contributed by atoms with Crippen LogP contribution in [0.2, 0.25) is 0 Å². The summed E-state index contributed by atoms with van der Waals surface area (Å²) in [5, 5.41) is 23.0. The number of carboxylic acid groups (broad SMARTS) is 1. The molecule has 9 heteroatoms. The molecule has 0 saturated carbocycles. The van der Waals surface area contributed by atoms with E-state index in [0.29, 0.717) is 6.42 Å². The van der Waals surface area contributed by atoms with Gasteiger partial charge in [0.25, 0.3) is 0 Å². The highest BCUT2D eigenvalue weighted by Crippen LogP contribution is 2.03. The van der Waals surface area contributed by atoms with Crippen molar-refractivity contribution in [2.45, 2.75) is 37.6 Å². The Morgan fingerprint density at radius 2 is 1.76 bits per heavy atom. The zero-order valence-corrected chi connectivity index (χ0v) is 14.6. The van der Waals surface area contributed by atoms with E-state index < -0.39 is 42.0 Å².